The van der Waals surface area contributed by atoms with Crippen LogP contribution in [0.25, 0.3) is 5.69 Å². The van der Waals surface area contributed by atoms with Gasteiger partial charge in [-0.25, -0.2) is 13.1 Å². The molecule has 0 radical (unpaired) electrons. The van der Waals surface area contributed by atoms with E-state index in [1.807, 2.05) is 0 Å². The summed E-state index contributed by atoms with van der Waals surface area (Å²) >= 11 is 1.72. The number of rotatable bonds is 7. The van der Waals surface area contributed by atoms with E-state index in [0.29, 0.717) is 27.9 Å². The zero-order valence-corrected chi connectivity index (χ0v) is 23.1. The maximum absolute atomic E-state index is 11.7. The van der Waals surface area contributed by atoms with Crippen molar-refractivity contribution < 1.29 is 86.7 Å². The molecular weight excluding hydrogens is 492 g/mol. The Morgan fingerprint density at radius 1 is 1.23 bits per heavy atom. The van der Waals surface area contributed by atoms with Crippen molar-refractivity contribution in [2.75, 3.05) is 5.73 Å². The summed E-state index contributed by atoms with van der Waals surface area (Å²) in [5.41, 5.74) is 6.39. The third-order valence-corrected chi connectivity index (χ3v) is 5.58. The second-order valence-corrected chi connectivity index (χ2v) is 8.62. The summed E-state index contributed by atoms with van der Waals surface area (Å²) in [6.45, 7) is 3.33. The molecule has 2 heterocycles. The predicted molar refractivity (Wildman–Crippen MR) is 97.5 cm³/mol. The summed E-state index contributed by atoms with van der Waals surface area (Å²) < 4.78 is 40.2. The van der Waals surface area contributed by atoms with Gasteiger partial charge in [-0.3, -0.25) is 5.04 Å². The van der Waals surface area contributed by atoms with Gasteiger partial charge in [0.2, 0.25) is 0 Å². The van der Waals surface area contributed by atoms with E-state index in [9.17, 15) is 18.2 Å². The first-order valence-electron chi connectivity index (χ1n) is 7.51. The van der Waals surface area contributed by atoms with Gasteiger partial charge in [0.25, 0.3) is 5.13 Å². The van der Waals surface area contributed by atoms with E-state index in [1.54, 1.807) is 13.8 Å². The summed E-state index contributed by atoms with van der Waals surface area (Å²) in [4.78, 5) is -0.328. The number of nitrogens with zero attached hydrogens (tertiary/aromatic N) is 6. The van der Waals surface area contributed by atoms with Crippen LogP contribution in [-0.4, -0.2) is 32.9 Å². The number of benzene rings is 1. The molecular formula is C13H11N7Na2O6S3. The molecule has 0 saturated carbocycles. The van der Waals surface area contributed by atoms with Crippen LogP contribution in [0.2, 0.25) is 0 Å². The number of nitrogen functional groups attached to an aromatic ring is 1. The Morgan fingerprint density at radius 3 is 2.52 bits per heavy atom. The number of anilines is 1. The Morgan fingerprint density at radius 2 is 1.94 bits per heavy atom. The molecule has 0 aliphatic rings. The second kappa shape index (κ2) is 12.1. The summed E-state index contributed by atoms with van der Waals surface area (Å²) in [5, 5.41) is 34.0. The molecule has 0 aliphatic heterocycles. The predicted octanol–water partition coefficient (Wildman–Crippen LogP) is -4.52. The van der Waals surface area contributed by atoms with E-state index >= 15 is 0 Å². The number of nitrogens with two attached hydrogens (primary N) is 1. The number of azo groups is 1. The van der Waals surface area contributed by atoms with Crippen LogP contribution in [0.5, 0.6) is 0 Å². The number of hydrogen-bond donors (Lipinski definition) is 1. The van der Waals surface area contributed by atoms with Gasteiger partial charge in [0.15, 0.2) is 11.5 Å². The molecule has 3 rings (SSSR count). The first kappa shape index (κ1) is 28.6. The molecule has 0 bridgehead atoms. The van der Waals surface area contributed by atoms with Crippen LogP contribution in [0, 0.1) is 13.8 Å². The number of hydrogen-bond acceptors (Lipinski definition) is 14. The van der Waals surface area contributed by atoms with Crippen molar-refractivity contribution in [1.29, 1.82) is 0 Å². The number of aromatic nitrogens is 4. The van der Waals surface area contributed by atoms with E-state index < -0.39 is 15.0 Å². The molecule has 0 fully saturated rings. The Kier molecular flexibility index (Phi) is 11.2. The zero-order valence-electron chi connectivity index (χ0n) is 16.7. The minimum atomic E-state index is -4.87. The number of aryl methyl sites for hydroxylation is 2. The third-order valence-electron chi connectivity index (χ3n) is 3.40. The van der Waals surface area contributed by atoms with Gasteiger partial charge < -0.3 is 15.5 Å². The van der Waals surface area contributed by atoms with Crippen molar-refractivity contribution in [3.63, 3.8) is 0 Å². The molecule has 0 amide bonds. The van der Waals surface area contributed by atoms with Gasteiger partial charge >= 0.3 is 59.1 Å². The molecule has 0 saturated heterocycles. The Hall–Kier alpha value is -0.470. The topological polar surface area (TPSA) is 193 Å². The van der Waals surface area contributed by atoms with E-state index in [0.717, 1.165) is 10.7 Å². The fraction of sp³-hybridized carbons (Fsp3) is 0.154. The first-order valence-corrected chi connectivity index (χ1v) is 10.5. The summed E-state index contributed by atoms with van der Waals surface area (Å²) in [7, 11) is -4.87. The van der Waals surface area contributed by atoms with Gasteiger partial charge in [-0.05, 0) is 32.0 Å². The minimum Gasteiger partial charge on any atom is -0.744 e. The van der Waals surface area contributed by atoms with Crippen molar-refractivity contribution in [2.45, 2.75) is 23.6 Å². The Balaban J connectivity index is 0.00000240. The van der Waals surface area contributed by atoms with Crippen LogP contribution < -0.4 is 70.1 Å². The summed E-state index contributed by atoms with van der Waals surface area (Å²) in [5.74, 6) is -0.0690. The van der Waals surface area contributed by atoms with Gasteiger partial charge in [0.1, 0.15) is 15.1 Å². The molecule has 0 unspecified atom stereocenters. The molecule has 0 atom stereocenters. The van der Waals surface area contributed by atoms with Gasteiger partial charge in [-0.1, -0.05) is 11.3 Å². The molecule has 2 N–H and O–H groups in total. The fourth-order valence-corrected chi connectivity index (χ4v) is 3.78. The molecule has 0 aliphatic carbocycles. The average Bonchev–Trinajstić information content (AvgIpc) is 3.20. The van der Waals surface area contributed by atoms with Gasteiger partial charge in [0.05, 0.1) is 28.3 Å². The van der Waals surface area contributed by atoms with Gasteiger partial charge in [-0.15, -0.1) is 20.4 Å². The third kappa shape index (κ3) is 7.00. The fourth-order valence-electron chi connectivity index (χ4n) is 2.24. The normalized spacial score (nSPS) is 11.4. The van der Waals surface area contributed by atoms with Crippen LogP contribution in [0.3, 0.4) is 0 Å². The van der Waals surface area contributed by atoms with Crippen LogP contribution in [-0.2, 0) is 19.5 Å². The van der Waals surface area contributed by atoms with Crippen LogP contribution in [0.1, 0.15) is 10.7 Å². The maximum atomic E-state index is 11.7. The average molecular weight is 503 g/mol. The van der Waals surface area contributed by atoms with Crippen molar-refractivity contribution >= 4 is 50.1 Å². The summed E-state index contributed by atoms with van der Waals surface area (Å²) in [6, 6.07) is 3.53. The quantitative estimate of drug-likeness (QED) is 0.0815. The van der Waals surface area contributed by atoms with Crippen molar-refractivity contribution in [2.24, 2.45) is 10.2 Å². The summed E-state index contributed by atoms with van der Waals surface area (Å²) in [6.07, 6.45) is 0. The SMILES string of the molecule is Cc1nnc(N=Nc2c(C)nn(-c3cc(SOO[O-])ccc3S(=O)(=O)[O-])c2N)s1.[Na+].[Na+]. The molecule has 18 heteroatoms. The van der Waals surface area contributed by atoms with Crippen molar-refractivity contribution in [1.82, 2.24) is 20.0 Å². The van der Waals surface area contributed by atoms with Crippen LogP contribution >= 0.6 is 23.4 Å². The molecule has 31 heavy (non-hydrogen) atoms. The molecule has 13 nitrogen and oxygen atoms in total. The molecule has 2 aromatic heterocycles. The van der Waals surface area contributed by atoms with Crippen molar-refractivity contribution in [3.8, 4) is 5.69 Å². The van der Waals surface area contributed by atoms with E-state index in [2.05, 4.69) is 34.9 Å². The largest absolute Gasteiger partial charge is 1.00 e. The van der Waals surface area contributed by atoms with E-state index in [4.69, 9.17) is 5.73 Å². The molecule has 3 aromatic rings. The minimum absolute atomic E-state index is 0. The standard InChI is InChI=1S/C13H13N7O6S3.2Na/c1-6-11(16-18-13-17-15-7(2)27-13)12(14)20(19-6)9-5-8(28-26-25-21)3-4-10(9)29(22,23)24;;/h3-5,21H,14H2,1-2H3,(H,22,23,24);;/q;2*+1/p-2. The molecule has 154 valence electrons. The molecule has 0 spiro atoms. The van der Waals surface area contributed by atoms with Gasteiger partial charge in [0, 0.05) is 4.90 Å². The zero-order chi connectivity index (χ0) is 21.2. The second-order valence-electron chi connectivity index (χ2n) is 5.34. The van der Waals surface area contributed by atoms with E-state index in [-0.39, 0.29) is 81.2 Å². The Bertz CT molecular complexity index is 1180. The Labute approximate surface area is 228 Å². The van der Waals surface area contributed by atoms with Crippen molar-refractivity contribution in [3.05, 3.63) is 28.9 Å². The first-order chi connectivity index (χ1) is 13.7. The van der Waals surface area contributed by atoms with Crippen LogP contribution in [0.15, 0.2) is 38.2 Å². The smallest absolute Gasteiger partial charge is 0.744 e. The monoisotopic (exact) mass is 503 g/mol. The van der Waals surface area contributed by atoms with Gasteiger partial charge in [-0.2, -0.15) is 9.43 Å². The van der Waals surface area contributed by atoms with E-state index in [1.165, 1.54) is 23.5 Å². The van der Waals surface area contributed by atoms with Crippen LogP contribution in [0.4, 0.5) is 16.6 Å². The molecule has 1 aromatic carbocycles. The maximum Gasteiger partial charge on any atom is 1.00 e.